The number of aliphatic hydroxyl groups is 1. The summed E-state index contributed by atoms with van der Waals surface area (Å²) < 4.78 is 5.13. The number of piperazine rings is 1. The predicted molar refractivity (Wildman–Crippen MR) is 67.4 cm³/mol. The summed E-state index contributed by atoms with van der Waals surface area (Å²) in [6, 6.07) is 0. The van der Waals surface area contributed by atoms with Crippen molar-refractivity contribution >= 4 is 6.09 Å². The second-order valence-corrected chi connectivity index (χ2v) is 5.80. The van der Waals surface area contributed by atoms with Crippen LogP contribution in [-0.2, 0) is 4.74 Å². The second-order valence-electron chi connectivity index (χ2n) is 5.80. The minimum atomic E-state index is -0.632. The first-order valence-corrected chi connectivity index (χ1v) is 6.54. The SMILES string of the molecule is CC(C)(O)CN1CCN(CC2CNC(=O)O2)CC1. The number of amides is 1. The third kappa shape index (κ3) is 4.12. The normalized spacial score (nSPS) is 27.1. The zero-order chi connectivity index (χ0) is 13.2. The van der Waals surface area contributed by atoms with E-state index in [-0.39, 0.29) is 12.2 Å². The van der Waals surface area contributed by atoms with Crippen molar-refractivity contribution in [2.45, 2.75) is 25.6 Å². The molecular formula is C12H23N3O3. The van der Waals surface area contributed by atoms with Crippen LogP contribution in [0, 0.1) is 0 Å². The standard InChI is InChI=1S/C12H23N3O3/c1-12(2,17)9-15-5-3-14(4-6-15)8-10-7-13-11(16)18-10/h10,17H,3-9H2,1-2H3,(H,13,16). The smallest absolute Gasteiger partial charge is 0.407 e. The molecule has 0 saturated carbocycles. The van der Waals surface area contributed by atoms with E-state index in [1.165, 1.54) is 0 Å². The lowest BCUT2D eigenvalue weighted by molar-refractivity contribution is 0.0117. The molecule has 6 heteroatoms. The molecule has 0 aromatic carbocycles. The summed E-state index contributed by atoms with van der Waals surface area (Å²) >= 11 is 0. The Balaban J connectivity index is 1.69. The molecule has 1 atom stereocenters. The van der Waals surface area contributed by atoms with Gasteiger partial charge in [-0.05, 0) is 13.8 Å². The van der Waals surface area contributed by atoms with Gasteiger partial charge in [-0.1, -0.05) is 0 Å². The molecule has 2 fully saturated rings. The molecule has 104 valence electrons. The van der Waals surface area contributed by atoms with Crippen LogP contribution in [0.25, 0.3) is 0 Å². The predicted octanol–water partition coefficient (Wildman–Crippen LogP) is -0.517. The van der Waals surface area contributed by atoms with Crippen molar-refractivity contribution in [3.63, 3.8) is 0 Å². The van der Waals surface area contributed by atoms with Gasteiger partial charge in [-0.3, -0.25) is 9.80 Å². The number of β-amino-alcohol motifs (C(OH)–C–C–N with tert-alkyl or cyclic N) is 1. The van der Waals surface area contributed by atoms with Crippen molar-refractivity contribution < 1.29 is 14.6 Å². The van der Waals surface area contributed by atoms with Gasteiger partial charge < -0.3 is 15.2 Å². The lowest BCUT2D eigenvalue weighted by Crippen LogP contribution is -2.52. The minimum Gasteiger partial charge on any atom is -0.443 e. The summed E-state index contributed by atoms with van der Waals surface area (Å²) in [7, 11) is 0. The average molecular weight is 257 g/mol. The van der Waals surface area contributed by atoms with Crippen LogP contribution in [0.2, 0.25) is 0 Å². The highest BCUT2D eigenvalue weighted by molar-refractivity contribution is 5.69. The Hall–Kier alpha value is -0.850. The number of cyclic esters (lactones) is 1. The van der Waals surface area contributed by atoms with E-state index in [1.807, 2.05) is 13.8 Å². The van der Waals surface area contributed by atoms with Crippen LogP contribution in [0.15, 0.2) is 0 Å². The van der Waals surface area contributed by atoms with Gasteiger partial charge in [0.2, 0.25) is 0 Å². The van der Waals surface area contributed by atoms with Crippen molar-refractivity contribution in [3.8, 4) is 0 Å². The Morgan fingerprint density at radius 2 is 1.94 bits per heavy atom. The van der Waals surface area contributed by atoms with E-state index in [2.05, 4.69) is 15.1 Å². The first-order valence-electron chi connectivity index (χ1n) is 6.54. The van der Waals surface area contributed by atoms with Crippen LogP contribution in [0.1, 0.15) is 13.8 Å². The Bertz CT molecular complexity index is 295. The fraction of sp³-hybridized carbons (Fsp3) is 0.917. The van der Waals surface area contributed by atoms with E-state index >= 15 is 0 Å². The molecule has 0 aromatic rings. The lowest BCUT2D eigenvalue weighted by atomic mass is 10.1. The third-order valence-electron chi connectivity index (χ3n) is 3.29. The number of hydrogen-bond donors (Lipinski definition) is 2. The minimum absolute atomic E-state index is 0.0154. The highest BCUT2D eigenvalue weighted by Gasteiger charge is 2.27. The summed E-state index contributed by atoms with van der Waals surface area (Å²) in [5, 5.41) is 12.4. The van der Waals surface area contributed by atoms with Gasteiger partial charge in [-0.2, -0.15) is 0 Å². The largest absolute Gasteiger partial charge is 0.443 e. The Morgan fingerprint density at radius 1 is 1.33 bits per heavy atom. The van der Waals surface area contributed by atoms with Crippen molar-refractivity contribution in [2.24, 2.45) is 0 Å². The van der Waals surface area contributed by atoms with Gasteiger partial charge in [0.05, 0.1) is 12.1 Å². The molecule has 2 saturated heterocycles. The topological polar surface area (TPSA) is 65.0 Å². The van der Waals surface area contributed by atoms with Crippen molar-refractivity contribution in [2.75, 3.05) is 45.8 Å². The average Bonchev–Trinajstić information content (AvgIpc) is 2.65. The van der Waals surface area contributed by atoms with Crippen molar-refractivity contribution in [1.29, 1.82) is 0 Å². The molecule has 0 aliphatic carbocycles. The molecule has 2 N–H and O–H groups in total. The molecule has 2 aliphatic rings. The number of carbonyl (C=O) groups excluding carboxylic acids is 1. The number of nitrogens with zero attached hydrogens (tertiary/aromatic N) is 2. The highest BCUT2D eigenvalue weighted by atomic mass is 16.6. The van der Waals surface area contributed by atoms with Gasteiger partial charge in [0.25, 0.3) is 0 Å². The molecule has 0 aromatic heterocycles. The number of hydrogen-bond acceptors (Lipinski definition) is 5. The lowest BCUT2D eigenvalue weighted by Gasteiger charge is -2.37. The highest BCUT2D eigenvalue weighted by Crippen LogP contribution is 2.10. The Labute approximate surface area is 108 Å². The second kappa shape index (κ2) is 5.42. The Morgan fingerprint density at radius 3 is 2.44 bits per heavy atom. The van der Waals surface area contributed by atoms with Crippen LogP contribution >= 0.6 is 0 Å². The maximum Gasteiger partial charge on any atom is 0.407 e. The molecule has 1 unspecified atom stereocenters. The van der Waals surface area contributed by atoms with Gasteiger partial charge in [-0.25, -0.2) is 4.79 Å². The van der Waals surface area contributed by atoms with E-state index in [9.17, 15) is 9.90 Å². The van der Waals surface area contributed by atoms with Gasteiger partial charge in [0.15, 0.2) is 0 Å². The number of ether oxygens (including phenoxy) is 1. The van der Waals surface area contributed by atoms with E-state index in [0.29, 0.717) is 13.1 Å². The van der Waals surface area contributed by atoms with Crippen molar-refractivity contribution in [1.82, 2.24) is 15.1 Å². The van der Waals surface area contributed by atoms with Crippen LogP contribution in [-0.4, -0.2) is 78.5 Å². The summed E-state index contributed by atoms with van der Waals surface area (Å²) in [6.07, 6.45) is -0.320. The maximum atomic E-state index is 10.9. The summed E-state index contributed by atoms with van der Waals surface area (Å²) in [5.74, 6) is 0. The summed E-state index contributed by atoms with van der Waals surface area (Å²) in [6.45, 7) is 9.63. The van der Waals surface area contributed by atoms with Gasteiger partial charge in [0.1, 0.15) is 6.10 Å². The maximum absolute atomic E-state index is 10.9. The quantitative estimate of drug-likeness (QED) is 0.710. The molecule has 0 spiro atoms. The molecule has 2 heterocycles. The van der Waals surface area contributed by atoms with E-state index < -0.39 is 5.60 Å². The van der Waals surface area contributed by atoms with Crippen LogP contribution in [0.4, 0.5) is 4.79 Å². The number of nitrogens with one attached hydrogen (secondary N) is 1. The number of rotatable bonds is 4. The fourth-order valence-electron chi connectivity index (χ4n) is 2.50. The number of carbonyl (C=O) groups is 1. The molecule has 18 heavy (non-hydrogen) atoms. The molecule has 6 nitrogen and oxygen atoms in total. The van der Waals surface area contributed by atoms with Gasteiger partial charge in [-0.15, -0.1) is 0 Å². The van der Waals surface area contributed by atoms with Crippen LogP contribution < -0.4 is 5.32 Å². The molecule has 0 radical (unpaired) electrons. The monoisotopic (exact) mass is 257 g/mol. The fourth-order valence-corrected chi connectivity index (χ4v) is 2.50. The van der Waals surface area contributed by atoms with Crippen molar-refractivity contribution in [3.05, 3.63) is 0 Å². The summed E-state index contributed by atoms with van der Waals surface area (Å²) in [4.78, 5) is 15.5. The molecule has 2 aliphatic heterocycles. The molecule has 1 amide bonds. The first kappa shape index (κ1) is 13.6. The van der Waals surface area contributed by atoms with E-state index in [4.69, 9.17) is 4.74 Å². The molecule has 0 bridgehead atoms. The molecule has 2 rings (SSSR count). The van der Waals surface area contributed by atoms with Gasteiger partial charge in [0, 0.05) is 39.3 Å². The molecular weight excluding hydrogens is 234 g/mol. The summed E-state index contributed by atoms with van der Waals surface area (Å²) in [5.41, 5.74) is -0.632. The van der Waals surface area contributed by atoms with Gasteiger partial charge >= 0.3 is 6.09 Å². The van der Waals surface area contributed by atoms with E-state index in [1.54, 1.807) is 0 Å². The van der Waals surface area contributed by atoms with Crippen LogP contribution in [0.3, 0.4) is 0 Å². The zero-order valence-electron chi connectivity index (χ0n) is 11.2. The van der Waals surface area contributed by atoms with Crippen LogP contribution in [0.5, 0.6) is 0 Å². The third-order valence-corrected chi connectivity index (χ3v) is 3.29. The number of alkyl carbamates (subject to hydrolysis) is 1. The zero-order valence-corrected chi connectivity index (χ0v) is 11.2. The first-order chi connectivity index (χ1) is 8.42. The van der Waals surface area contributed by atoms with E-state index in [0.717, 1.165) is 32.7 Å². The Kier molecular flexibility index (Phi) is 4.09.